The molecule has 12 heteroatoms. The summed E-state index contributed by atoms with van der Waals surface area (Å²) in [6, 6.07) is 0.310. The molecule has 0 aliphatic carbocycles. The zero-order valence-corrected chi connectivity index (χ0v) is 16.3. The average molecular weight is 435 g/mol. The second-order valence-electron chi connectivity index (χ2n) is 6.49. The lowest BCUT2D eigenvalue weighted by Crippen LogP contribution is -2.33. The monoisotopic (exact) mass is 434 g/mol. The number of alkyl halides is 3. The van der Waals surface area contributed by atoms with Crippen LogP contribution in [0, 0.1) is 11.2 Å². The minimum atomic E-state index is -4.66. The van der Waals surface area contributed by atoms with Gasteiger partial charge in [-0.2, -0.15) is 18.2 Å². The predicted molar refractivity (Wildman–Crippen MR) is 101 cm³/mol. The Labute approximate surface area is 167 Å². The summed E-state index contributed by atoms with van der Waals surface area (Å²) in [4.78, 5) is 3.69. The smallest absolute Gasteiger partial charge is 0.408 e. The van der Waals surface area contributed by atoms with Gasteiger partial charge >= 0.3 is 6.18 Å². The molecule has 158 valence electrons. The van der Waals surface area contributed by atoms with Crippen LogP contribution in [0.15, 0.2) is 12.1 Å². The molecular weight excluding hydrogens is 416 g/mol. The Morgan fingerprint density at radius 2 is 2.03 bits per heavy atom. The third kappa shape index (κ3) is 3.71. The molecule has 0 fully saturated rings. The van der Waals surface area contributed by atoms with E-state index in [4.69, 9.17) is 27.6 Å². The van der Waals surface area contributed by atoms with Crippen molar-refractivity contribution in [1.82, 2.24) is 19.5 Å². The average Bonchev–Trinajstić information content (AvgIpc) is 2.98. The number of hydrogen-bond donors (Lipinski definition) is 3. The fourth-order valence-electron chi connectivity index (χ4n) is 3.15. The molecule has 0 saturated heterocycles. The molecule has 2 aromatic heterocycles. The molecule has 29 heavy (non-hydrogen) atoms. The molecule has 0 aliphatic rings. The molecule has 0 amide bonds. The number of ether oxygens (including phenoxy) is 1. The first kappa shape index (κ1) is 21.2. The van der Waals surface area contributed by atoms with Crippen LogP contribution in [0.5, 0.6) is 5.75 Å². The van der Waals surface area contributed by atoms with E-state index in [-0.39, 0.29) is 39.4 Å². The first-order valence-electron chi connectivity index (χ1n) is 8.67. The van der Waals surface area contributed by atoms with E-state index < -0.39 is 23.7 Å². The van der Waals surface area contributed by atoms with Crippen molar-refractivity contribution in [3.63, 3.8) is 0 Å². The van der Waals surface area contributed by atoms with Crippen molar-refractivity contribution in [3.05, 3.63) is 28.7 Å². The maximum Gasteiger partial charge on any atom is 0.408 e. The second-order valence-corrected chi connectivity index (χ2v) is 6.85. The van der Waals surface area contributed by atoms with Gasteiger partial charge in [-0.3, -0.25) is 5.41 Å². The van der Waals surface area contributed by atoms with Gasteiger partial charge in [0.2, 0.25) is 5.62 Å². The van der Waals surface area contributed by atoms with Crippen molar-refractivity contribution in [1.29, 1.82) is 5.41 Å². The van der Waals surface area contributed by atoms with Gasteiger partial charge in [-0.15, -0.1) is 0 Å². The molecule has 0 saturated carbocycles. The lowest BCUT2D eigenvalue weighted by atomic mass is 10.2. The van der Waals surface area contributed by atoms with Crippen molar-refractivity contribution >= 4 is 33.5 Å². The van der Waals surface area contributed by atoms with E-state index in [0.717, 1.165) is 17.6 Å². The summed E-state index contributed by atoms with van der Waals surface area (Å²) in [7, 11) is 1.77. The molecule has 0 radical (unpaired) electrons. The maximum absolute atomic E-state index is 15.0. The van der Waals surface area contributed by atoms with E-state index in [1.54, 1.807) is 7.05 Å². The molecule has 0 unspecified atom stereocenters. The summed E-state index contributed by atoms with van der Waals surface area (Å²) in [5.74, 6) is 5.04. The third-order valence-corrected chi connectivity index (χ3v) is 4.85. The number of fused-ring (bicyclic) bond motifs is 3. The van der Waals surface area contributed by atoms with Crippen LogP contribution in [0.4, 0.5) is 17.6 Å². The summed E-state index contributed by atoms with van der Waals surface area (Å²) in [5.41, 5.74) is -0.937. The normalized spacial score (nSPS) is 13.3. The van der Waals surface area contributed by atoms with E-state index >= 15 is 0 Å². The molecule has 0 bridgehead atoms. The van der Waals surface area contributed by atoms with Gasteiger partial charge in [0.15, 0.2) is 0 Å². The molecular formula is C17H19ClF4N6O. The minimum Gasteiger partial charge on any atom is -0.493 e. The van der Waals surface area contributed by atoms with Gasteiger partial charge in [0.05, 0.1) is 17.5 Å². The Morgan fingerprint density at radius 1 is 1.34 bits per heavy atom. The number of nitrogens with one attached hydrogen (secondary N) is 2. The van der Waals surface area contributed by atoms with Gasteiger partial charge in [-0.1, -0.05) is 11.6 Å². The number of rotatable bonds is 6. The van der Waals surface area contributed by atoms with Crippen LogP contribution in [0.3, 0.4) is 0 Å². The van der Waals surface area contributed by atoms with Crippen LogP contribution < -0.4 is 21.5 Å². The minimum absolute atomic E-state index is 0.0725. The fourth-order valence-corrected chi connectivity index (χ4v) is 3.41. The number of nitrogen functional groups attached to an aromatic ring is 1. The summed E-state index contributed by atoms with van der Waals surface area (Å²) >= 11 is 6.08. The zero-order valence-electron chi connectivity index (χ0n) is 15.6. The molecule has 1 aromatic carbocycles. The number of nitrogens with zero attached hydrogens (tertiary/aromatic N) is 3. The highest BCUT2D eigenvalue weighted by molar-refractivity contribution is 6.36. The van der Waals surface area contributed by atoms with Crippen molar-refractivity contribution < 1.29 is 22.3 Å². The molecule has 7 nitrogen and oxygen atoms in total. The van der Waals surface area contributed by atoms with Gasteiger partial charge in [0.25, 0.3) is 0 Å². The fraction of sp³-hybridized carbons (Fsp3) is 0.412. The summed E-state index contributed by atoms with van der Waals surface area (Å²) < 4.78 is 62.7. The third-order valence-electron chi connectivity index (χ3n) is 4.57. The second kappa shape index (κ2) is 7.71. The molecule has 2 heterocycles. The van der Waals surface area contributed by atoms with Crippen molar-refractivity contribution in [2.45, 2.75) is 25.6 Å². The molecule has 3 aromatic rings. The van der Waals surface area contributed by atoms with Crippen LogP contribution in [-0.4, -0.2) is 40.6 Å². The first-order chi connectivity index (χ1) is 13.6. The van der Waals surface area contributed by atoms with Crippen LogP contribution in [0.25, 0.3) is 21.9 Å². The Hall–Kier alpha value is -2.53. The Kier molecular flexibility index (Phi) is 5.63. The van der Waals surface area contributed by atoms with Gasteiger partial charge in [0.1, 0.15) is 28.4 Å². The van der Waals surface area contributed by atoms with Gasteiger partial charge in [-0.25, -0.2) is 9.07 Å². The van der Waals surface area contributed by atoms with E-state index in [1.807, 2.05) is 0 Å². The SMILES string of the molecule is CNCCCOc1cc(F)c2c3c(Cl)nc(=N)n(N)c3n([C@@H](C)C(F)(F)F)c2c1. The van der Waals surface area contributed by atoms with Crippen LogP contribution in [-0.2, 0) is 0 Å². The zero-order chi connectivity index (χ0) is 21.5. The predicted octanol–water partition coefficient (Wildman–Crippen LogP) is 3.09. The highest BCUT2D eigenvalue weighted by Crippen LogP contribution is 2.41. The standard InChI is InChI=1S/C17H19ClF4N6O/c1-8(17(20,21)22)27-11-7-9(29-5-3-4-25-2)6-10(19)12(11)13-14(18)26-16(23)28(24)15(13)27/h6-8,23,25H,3-5,24H2,1-2H3/t8-/m0/s1. The van der Waals surface area contributed by atoms with Crippen molar-refractivity contribution in [3.8, 4) is 5.75 Å². The van der Waals surface area contributed by atoms with Gasteiger partial charge in [-0.05, 0) is 26.9 Å². The number of aromatic nitrogens is 3. The van der Waals surface area contributed by atoms with Crippen molar-refractivity contribution in [2.75, 3.05) is 26.0 Å². The van der Waals surface area contributed by atoms with E-state index in [9.17, 15) is 17.6 Å². The van der Waals surface area contributed by atoms with Gasteiger partial charge < -0.3 is 20.5 Å². The summed E-state index contributed by atoms with van der Waals surface area (Å²) in [5, 5.41) is 10.1. The lowest BCUT2D eigenvalue weighted by molar-refractivity contribution is -0.161. The number of hydrogen-bond acceptors (Lipinski definition) is 5. The van der Waals surface area contributed by atoms with E-state index in [2.05, 4.69) is 10.3 Å². The summed E-state index contributed by atoms with van der Waals surface area (Å²) in [6.45, 7) is 1.82. The first-order valence-corrected chi connectivity index (χ1v) is 9.05. The number of halogens is 5. The Bertz CT molecular complexity index is 1120. The van der Waals surface area contributed by atoms with Crippen molar-refractivity contribution in [2.24, 2.45) is 0 Å². The maximum atomic E-state index is 15.0. The highest BCUT2D eigenvalue weighted by atomic mass is 35.5. The highest BCUT2D eigenvalue weighted by Gasteiger charge is 2.40. The van der Waals surface area contributed by atoms with Crippen LogP contribution >= 0.6 is 11.6 Å². The lowest BCUT2D eigenvalue weighted by Gasteiger charge is -2.20. The number of nitrogens with two attached hydrogens (primary N) is 1. The molecule has 4 N–H and O–H groups in total. The topological polar surface area (TPSA) is 93.9 Å². The number of benzene rings is 1. The van der Waals surface area contributed by atoms with E-state index in [1.165, 1.54) is 6.07 Å². The molecule has 3 rings (SSSR count). The van der Waals surface area contributed by atoms with Crippen LogP contribution in [0.1, 0.15) is 19.4 Å². The quantitative estimate of drug-likeness (QED) is 0.240. The molecule has 1 atom stereocenters. The van der Waals surface area contributed by atoms with E-state index in [0.29, 0.717) is 17.6 Å². The Morgan fingerprint density at radius 3 is 2.66 bits per heavy atom. The molecule has 0 spiro atoms. The van der Waals surface area contributed by atoms with Crippen LogP contribution in [0.2, 0.25) is 5.15 Å². The largest absolute Gasteiger partial charge is 0.493 e. The Balaban J connectivity index is 2.35. The summed E-state index contributed by atoms with van der Waals surface area (Å²) in [6.07, 6.45) is -4.04. The molecule has 0 aliphatic heterocycles. The van der Waals surface area contributed by atoms with Gasteiger partial charge in [0, 0.05) is 17.5 Å².